The highest BCUT2D eigenvalue weighted by Gasteiger charge is 2.23. The van der Waals surface area contributed by atoms with Crippen LogP contribution in [0.25, 0.3) is 0 Å². The standard InChI is InChI=1S/C11H15N7OS/c1-19-8-9(12)13-6-14-10(8)20-11-15-16-17-18(11)7-4-2-3-5-7/h6-7H,2-5H2,1H3,(H2,12,13,14). The van der Waals surface area contributed by atoms with Crippen molar-refractivity contribution in [3.05, 3.63) is 6.33 Å². The first-order valence-corrected chi connectivity index (χ1v) is 7.21. The number of nitrogens with zero attached hydrogens (tertiary/aromatic N) is 6. The van der Waals surface area contributed by atoms with E-state index >= 15 is 0 Å². The van der Waals surface area contributed by atoms with Crippen molar-refractivity contribution in [2.45, 2.75) is 41.9 Å². The van der Waals surface area contributed by atoms with Gasteiger partial charge in [0, 0.05) is 0 Å². The second kappa shape index (κ2) is 5.61. The zero-order valence-electron chi connectivity index (χ0n) is 11.1. The molecule has 1 fully saturated rings. The average molecular weight is 293 g/mol. The van der Waals surface area contributed by atoms with Gasteiger partial charge in [-0.3, -0.25) is 0 Å². The number of nitrogens with two attached hydrogens (primary N) is 1. The van der Waals surface area contributed by atoms with Gasteiger partial charge in [-0.15, -0.1) is 5.10 Å². The third-order valence-electron chi connectivity index (χ3n) is 3.32. The van der Waals surface area contributed by atoms with Crippen molar-refractivity contribution in [1.29, 1.82) is 0 Å². The van der Waals surface area contributed by atoms with Crippen molar-refractivity contribution in [3.63, 3.8) is 0 Å². The first-order valence-electron chi connectivity index (χ1n) is 6.39. The highest BCUT2D eigenvalue weighted by molar-refractivity contribution is 7.99. The Morgan fingerprint density at radius 1 is 1.35 bits per heavy atom. The second-order valence-electron chi connectivity index (χ2n) is 4.54. The number of rotatable bonds is 4. The van der Waals surface area contributed by atoms with E-state index in [0.29, 0.717) is 27.8 Å². The maximum atomic E-state index is 5.77. The van der Waals surface area contributed by atoms with Crippen LogP contribution in [-0.4, -0.2) is 37.3 Å². The highest BCUT2D eigenvalue weighted by atomic mass is 32.2. The molecule has 9 heteroatoms. The quantitative estimate of drug-likeness (QED) is 0.841. The fraction of sp³-hybridized carbons (Fsp3) is 0.545. The Bertz CT molecular complexity index is 596. The van der Waals surface area contributed by atoms with Gasteiger partial charge in [0.2, 0.25) is 5.16 Å². The van der Waals surface area contributed by atoms with Crippen LogP contribution in [0.15, 0.2) is 16.5 Å². The van der Waals surface area contributed by atoms with Crippen molar-refractivity contribution in [2.24, 2.45) is 0 Å². The second-order valence-corrected chi connectivity index (χ2v) is 5.50. The van der Waals surface area contributed by atoms with Gasteiger partial charge in [-0.25, -0.2) is 14.6 Å². The van der Waals surface area contributed by atoms with Gasteiger partial charge in [-0.1, -0.05) is 12.8 Å². The molecule has 1 saturated carbocycles. The van der Waals surface area contributed by atoms with Crippen LogP contribution in [-0.2, 0) is 0 Å². The summed E-state index contributed by atoms with van der Waals surface area (Å²) < 4.78 is 7.11. The lowest BCUT2D eigenvalue weighted by Crippen LogP contribution is -2.08. The summed E-state index contributed by atoms with van der Waals surface area (Å²) in [6, 6.07) is 0.373. The van der Waals surface area contributed by atoms with Crippen molar-refractivity contribution < 1.29 is 4.74 Å². The molecule has 0 bridgehead atoms. The number of hydrogen-bond donors (Lipinski definition) is 1. The van der Waals surface area contributed by atoms with Crippen LogP contribution in [0.1, 0.15) is 31.7 Å². The van der Waals surface area contributed by atoms with E-state index in [0.717, 1.165) is 12.8 Å². The van der Waals surface area contributed by atoms with Gasteiger partial charge in [0.05, 0.1) is 13.2 Å². The van der Waals surface area contributed by atoms with Gasteiger partial charge in [-0.05, 0) is 35.0 Å². The van der Waals surface area contributed by atoms with Gasteiger partial charge in [0.1, 0.15) is 6.33 Å². The third-order valence-corrected chi connectivity index (χ3v) is 4.26. The van der Waals surface area contributed by atoms with E-state index in [4.69, 9.17) is 10.5 Å². The molecular weight excluding hydrogens is 278 g/mol. The minimum absolute atomic E-state index is 0.310. The lowest BCUT2D eigenvalue weighted by Gasteiger charge is -2.11. The SMILES string of the molecule is COc1c(N)ncnc1Sc1nnnn1C1CCCC1. The number of nitrogen functional groups attached to an aromatic ring is 1. The van der Waals surface area contributed by atoms with Crippen LogP contribution in [0.3, 0.4) is 0 Å². The molecule has 8 nitrogen and oxygen atoms in total. The predicted octanol–water partition coefficient (Wildman–Crippen LogP) is 1.32. The number of ether oxygens (including phenoxy) is 1. The third kappa shape index (κ3) is 2.40. The van der Waals surface area contributed by atoms with Crippen molar-refractivity contribution in [2.75, 3.05) is 12.8 Å². The van der Waals surface area contributed by atoms with Gasteiger partial charge in [-0.2, -0.15) is 0 Å². The summed E-state index contributed by atoms with van der Waals surface area (Å²) in [6.45, 7) is 0. The molecule has 2 aromatic heterocycles. The summed E-state index contributed by atoms with van der Waals surface area (Å²) in [5.41, 5.74) is 5.77. The maximum absolute atomic E-state index is 5.77. The van der Waals surface area contributed by atoms with Crippen molar-refractivity contribution in [1.82, 2.24) is 30.2 Å². The van der Waals surface area contributed by atoms with Crippen LogP contribution in [0.4, 0.5) is 5.82 Å². The maximum Gasteiger partial charge on any atom is 0.216 e. The molecular formula is C11H15N7OS. The van der Waals surface area contributed by atoms with Crippen LogP contribution < -0.4 is 10.5 Å². The molecule has 1 aliphatic rings. The highest BCUT2D eigenvalue weighted by Crippen LogP contribution is 2.37. The van der Waals surface area contributed by atoms with E-state index in [2.05, 4.69) is 25.5 Å². The lowest BCUT2D eigenvalue weighted by atomic mass is 10.3. The Labute approximate surface area is 120 Å². The average Bonchev–Trinajstić information content (AvgIpc) is 3.09. The lowest BCUT2D eigenvalue weighted by molar-refractivity contribution is 0.400. The summed E-state index contributed by atoms with van der Waals surface area (Å²) in [4.78, 5) is 8.10. The van der Waals surface area contributed by atoms with Crippen LogP contribution >= 0.6 is 11.8 Å². The normalized spacial score (nSPS) is 15.7. The monoisotopic (exact) mass is 293 g/mol. The fourth-order valence-electron chi connectivity index (χ4n) is 2.35. The van der Waals surface area contributed by atoms with Crippen molar-refractivity contribution >= 4 is 17.6 Å². The Kier molecular flexibility index (Phi) is 3.68. The molecule has 0 aromatic carbocycles. The Morgan fingerprint density at radius 3 is 2.90 bits per heavy atom. The summed E-state index contributed by atoms with van der Waals surface area (Å²) in [5.74, 6) is 0.767. The van der Waals surface area contributed by atoms with Gasteiger partial charge < -0.3 is 10.5 Å². The minimum Gasteiger partial charge on any atom is -0.490 e. The Balaban J connectivity index is 1.88. The topological polar surface area (TPSA) is 105 Å². The molecule has 3 rings (SSSR count). The Morgan fingerprint density at radius 2 is 2.15 bits per heavy atom. The fourth-order valence-corrected chi connectivity index (χ4v) is 3.26. The number of anilines is 1. The number of tetrazole rings is 1. The molecule has 0 amide bonds. The van der Waals surface area contributed by atoms with Crippen molar-refractivity contribution in [3.8, 4) is 5.75 Å². The predicted molar refractivity (Wildman–Crippen MR) is 72.4 cm³/mol. The van der Waals surface area contributed by atoms with E-state index in [1.807, 2.05) is 4.68 Å². The molecule has 1 aliphatic carbocycles. The first-order chi connectivity index (χ1) is 9.79. The molecule has 0 radical (unpaired) electrons. The zero-order chi connectivity index (χ0) is 13.9. The van der Waals surface area contributed by atoms with Gasteiger partial charge >= 0.3 is 0 Å². The smallest absolute Gasteiger partial charge is 0.216 e. The van der Waals surface area contributed by atoms with Gasteiger partial charge in [0.15, 0.2) is 16.6 Å². The molecule has 0 saturated heterocycles. The summed E-state index contributed by atoms with van der Waals surface area (Å²) in [6.07, 6.45) is 6.07. The molecule has 0 atom stereocenters. The van der Waals surface area contributed by atoms with E-state index in [9.17, 15) is 0 Å². The van der Waals surface area contributed by atoms with Crippen LogP contribution in [0.5, 0.6) is 5.75 Å². The van der Waals surface area contributed by atoms with E-state index in [1.165, 1.54) is 30.9 Å². The van der Waals surface area contributed by atoms with Crippen LogP contribution in [0, 0.1) is 0 Å². The number of hydrogen-bond acceptors (Lipinski definition) is 8. The zero-order valence-corrected chi connectivity index (χ0v) is 11.9. The van der Waals surface area contributed by atoms with E-state index in [-0.39, 0.29) is 0 Å². The van der Waals surface area contributed by atoms with Gasteiger partial charge in [0.25, 0.3) is 0 Å². The molecule has 2 N–H and O–H groups in total. The van der Waals surface area contributed by atoms with E-state index < -0.39 is 0 Å². The first kappa shape index (κ1) is 13.1. The van der Waals surface area contributed by atoms with E-state index in [1.54, 1.807) is 7.11 Å². The Hall–Kier alpha value is -1.90. The molecule has 0 unspecified atom stereocenters. The summed E-state index contributed by atoms with van der Waals surface area (Å²) in [5, 5.41) is 13.2. The largest absolute Gasteiger partial charge is 0.490 e. The molecule has 0 spiro atoms. The number of methoxy groups -OCH3 is 1. The minimum atomic E-state index is 0.310. The molecule has 2 heterocycles. The molecule has 2 aromatic rings. The summed E-state index contributed by atoms with van der Waals surface area (Å²) in [7, 11) is 1.54. The molecule has 106 valence electrons. The van der Waals surface area contributed by atoms with Crippen LogP contribution in [0.2, 0.25) is 0 Å². The molecule has 20 heavy (non-hydrogen) atoms. The summed E-state index contributed by atoms with van der Waals surface area (Å²) >= 11 is 1.34. The molecule has 0 aliphatic heterocycles. The number of aromatic nitrogens is 6.